The van der Waals surface area contributed by atoms with Gasteiger partial charge in [0.05, 0.1) is 23.0 Å². The lowest BCUT2D eigenvalue weighted by molar-refractivity contribution is -0.155. The third-order valence-corrected chi connectivity index (χ3v) is 6.64. The van der Waals surface area contributed by atoms with Gasteiger partial charge in [-0.3, -0.25) is 4.79 Å². The molecule has 114 valence electrons. The van der Waals surface area contributed by atoms with Gasteiger partial charge >= 0.3 is 5.97 Å². The normalized spacial score (nSPS) is 34.3. The highest BCUT2D eigenvalue weighted by molar-refractivity contribution is 7.91. The van der Waals surface area contributed by atoms with Gasteiger partial charge in [-0.1, -0.05) is 24.3 Å². The molecule has 0 radical (unpaired) electrons. The van der Waals surface area contributed by atoms with Crippen molar-refractivity contribution in [3.63, 3.8) is 0 Å². The minimum atomic E-state index is -3.36. The second-order valence-corrected chi connectivity index (χ2v) is 8.31. The van der Waals surface area contributed by atoms with Gasteiger partial charge < -0.3 is 10.2 Å². The Morgan fingerprint density at radius 1 is 1.19 bits per heavy atom. The summed E-state index contributed by atoms with van der Waals surface area (Å²) in [5, 5.41) is 19.9. The SMILES string of the molecule is O=C(O)C1(C2CS(=O)(=O)CC2O)CCc2ccccc2C1. The number of benzene rings is 1. The van der Waals surface area contributed by atoms with Crippen LogP contribution >= 0.6 is 0 Å². The zero-order chi connectivity index (χ0) is 15.3. The molecule has 3 rings (SSSR count). The molecular weight excluding hydrogens is 292 g/mol. The number of carboxylic acids is 1. The fourth-order valence-corrected chi connectivity index (χ4v) is 5.75. The lowest BCUT2D eigenvalue weighted by Gasteiger charge is -2.40. The number of rotatable bonds is 2. The van der Waals surface area contributed by atoms with Crippen LogP contribution in [0.25, 0.3) is 0 Å². The highest BCUT2D eigenvalue weighted by atomic mass is 32.2. The van der Waals surface area contributed by atoms with E-state index in [4.69, 9.17) is 0 Å². The molecule has 5 nitrogen and oxygen atoms in total. The lowest BCUT2D eigenvalue weighted by Crippen LogP contribution is -2.47. The minimum absolute atomic E-state index is 0.233. The molecule has 2 N–H and O–H groups in total. The van der Waals surface area contributed by atoms with E-state index in [1.54, 1.807) is 0 Å². The molecule has 1 aromatic carbocycles. The van der Waals surface area contributed by atoms with Gasteiger partial charge in [0, 0.05) is 5.92 Å². The van der Waals surface area contributed by atoms with Crippen LogP contribution in [0.3, 0.4) is 0 Å². The molecule has 1 aliphatic heterocycles. The minimum Gasteiger partial charge on any atom is -0.481 e. The van der Waals surface area contributed by atoms with Crippen LogP contribution in [0.5, 0.6) is 0 Å². The van der Waals surface area contributed by atoms with Gasteiger partial charge in [0.2, 0.25) is 0 Å². The molecule has 0 bridgehead atoms. The number of fused-ring (bicyclic) bond motifs is 1. The highest BCUT2D eigenvalue weighted by Crippen LogP contribution is 2.46. The number of carbonyl (C=O) groups is 1. The summed E-state index contributed by atoms with van der Waals surface area (Å²) >= 11 is 0. The van der Waals surface area contributed by atoms with E-state index in [9.17, 15) is 23.4 Å². The zero-order valence-electron chi connectivity index (χ0n) is 11.5. The maximum absolute atomic E-state index is 11.9. The number of aliphatic hydroxyl groups excluding tert-OH is 1. The predicted octanol–water partition coefficient (Wildman–Crippen LogP) is 0.652. The number of aliphatic hydroxyl groups is 1. The van der Waals surface area contributed by atoms with Gasteiger partial charge in [-0.25, -0.2) is 8.42 Å². The maximum Gasteiger partial charge on any atom is 0.310 e. The molecular formula is C15H18O5S. The van der Waals surface area contributed by atoms with Gasteiger partial charge in [-0.05, 0) is 30.4 Å². The van der Waals surface area contributed by atoms with Crippen molar-refractivity contribution >= 4 is 15.8 Å². The van der Waals surface area contributed by atoms with E-state index in [0.717, 1.165) is 11.1 Å². The summed E-state index contributed by atoms with van der Waals surface area (Å²) in [4.78, 5) is 11.9. The highest BCUT2D eigenvalue weighted by Gasteiger charge is 2.55. The zero-order valence-corrected chi connectivity index (χ0v) is 12.3. The van der Waals surface area contributed by atoms with E-state index in [-0.39, 0.29) is 17.9 Å². The average molecular weight is 310 g/mol. The van der Waals surface area contributed by atoms with Gasteiger partial charge in [0.1, 0.15) is 0 Å². The summed E-state index contributed by atoms with van der Waals surface area (Å²) in [6, 6.07) is 7.64. The van der Waals surface area contributed by atoms with E-state index >= 15 is 0 Å². The molecule has 0 aromatic heterocycles. The van der Waals surface area contributed by atoms with Crippen molar-refractivity contribution < 1.29 is 23.4 Å². The summed E-state index contributed by atoms with van der Waals surface area (Å²) in [6.45, 7) is 0. The van der Waals surface area contributed by atoms with Crippen LogP contribution in [0.4, 0.5) is 0 Å². The number of aliphatic carboxylic acids is 1. The topological polar surface area (TPSA) is 91.7 Å². The predicted molar refractivity (Wildman–Crippen MR) is 76.7 cm³/mol. The largest absolute Gasteiger partial charge is 0.481 e. The van der Waals surface area contributed by atoms with Crippen LogP contribution in [0, 0.1) is 11.3 Å². The van der Waals surface area contributed by atoms with Crippen LogP contribution in [0.2, 0.25) is 0 Å². The Kier molecular flexibility index (Phi) is 3.33. The molecule has 0 amide bonds. The van der Waals surface area contributed by atoms with Gasteiger partial charge in [0.25, 0.3) is 0 Å². The molecule has 6 heteroatoms. The molecule has 1 aromatic rings. The van der Waals surface area contributed by atoms with Crippen LogP contribution in [0.15, 0.2) is 24.3 Å². The van der Waals surface area contributed by atoms with Gasteiger partial charge in [-0.15, -0.1) is 0 Å². The third-order valence-electron chi connectivity index (χ3n) is 4.92. The van der Waals surface area contributed by atoms with E-state index in [2.05, 4.69) is 0 Å². The Hall–Kier alpha value is -1.40. The van der Waals surface area contributed by atoms with Crippen molar-refractivity contribution in [2.24, 2.45) is 11.3 Å². The summed E-state index contributed by atoms with van der Waals surface area (Å²) < 4.78 is 23.5. The Bertz CT molecular complexity index is 681. The summed E-state index contributed by atoms with van der Waals surface area (Å²) in [5.74, 6) is -2.29. The van der Waals surface area contributed by atoms with Crippen molar-refractivity contribution in [3.8, 4) is 0 Å². The molecule has 1 saturated heterocycles. The monoisotopic (exact) mass is 310 g/mol. The Morgan fingerprint density at radius 3 is 2.43 bits per heavy atom. The summed E-state index contributed by atoms with van der Waals surface area (Å²) in [5.41, 5.74) is 0.879. The van der Waals surface area contributed by atoms with Crippen molar-refractivity contribution in [1.82, 2.24) is 0 Å². The van der Waals surface area contributed by atoms with E-state index < -0.39 is 33.2 Å². The van der Waals surface area contributed by atoms with Crippen molar-refractivity contribution in [3.05, 3.63) is 35.4 Å². The Morgan fingerprint density at radius 2 is 1.86 bits per heavy atom. The number of carboxylic acid groups (broad SMARTS) is 1. The standard InChI is InChI=1S/C15H18O5S/c16-13-9-21(19,20)8-12(13)15(14(17)18)6-5-10-3-1-2-4-11(10)7-15/h1-4,12-13,16H,5-9H2,(H,17,18). The van der Waals surface area contributed by atoms with E-state index in [1.165, 1.54) is 0 Å². The second-order valence-electron chi connectivity index (χ2n) is 6.16. The number of sulfone groups is 1. The second kappa shape index (κ2) is 4.81. The van der Waals surface area contributed by atoms with Crippen LogP contribution < -0.4 is 0 Å². The van der Waals surface area contributed by atoms with Crippen LogP contribution in [-0.2, 0) is 27.5 Å². The summed E-state index contributed by atoms with van der Waals surface area (Å²) in [7, 11) is -3.36. The van der Waals surface area contributed by atoms with Crippen molar-refractivity contribution in [1.29, 1.82) is 0 Å². The Labute approximate surface area is 123 Å². The third kappa shape index (κ3) is 2.36. The molecule has 1 heterocycles. The lowest BCUT2D eigenvalue weighted by atomic mass is 9.63. The molecule has 3 unspecified atom stereocenters. The van der Waals surface area contributed by atoms with Crippen molar-refractivity contribution in [2.45, 2.75) is 25.4 Å². The first-order valence-corrected chi connectivity index (χ1v) is 8.85. The van der Waals surface area contributed by atoms with E-state index in [1.807, 2.05) is 24.3 Å². The van der Waals surface area contributed by atoms with E-state index in [0.29, 0.717) is 12.8 Å². The smallest absolute Gasteiger partial charge is 0.310 e. The molecule has 1 fully saturated rings. The molecule has 3 atom stereocenters. The molecule has 0 spiro atoms. The van der Waals surface area contributed by atoms with Crippen LogP contribution in [0.1, 0.15) is 17.5 Å². The number of hydrogen-bond acceptors (Lipinski definition) is 4. The molecule has 1 aliphatic carbocycles. The van der Waals surface area contributed by atoms with Crippen molar-refractivity contribution in [2.75, 3.05) is 11.5 Å². The first-order chi connectivity index (χ1) is 9.84. The Balaban J connectivity index is 2.02. The fourth-order valence-electron chi connectivity index (χ4n) is 3.77. The number of aryl methyl sites for hydroxylation is 1. The molecule has 2 aliphatic rings. The van der Waals surface area contributed by atoms with Gasteiger partial charge in [0.15, 0.2) is 9.84 Å². The first kappa shape index (κ1) is 14.5. The maximum atomic E-state index is 11.9. The summed E-state index contributed by atoms with van der Waals surface area (Å²) in [6.07, 6.45) is 0.175. The van der Waals surface area contributed by atoms with Gasteiger partial charge in [-0.2, -0.15) is 0 Å². The molecule has 0 saturated carbocycles. The molecule has 21 heavy (non-hydrogen) atoms. The number of hydrogen-bond donors (Lipinski definition) is 2. The van der Waals surface area contributed by atoms with Crippen LogP contribution in [-0.4, -0.2) is 42.2 Å². The fraction of sp³-hybridized carbons (Fsp3) is 0.533. The first-order valence-electron chi connectivity index (χ1n) is 7.03. The average Bonchev–Trinajstić information content (AvgIpc) is 2.71. The quantitative estimate of drug-likeness (QED) is 0.837.